The molecule has 0 spiro atoms. The molecule has 0 bridgehead atoms. The topological polar surface area (TPSA) is 55.8 Å². The lowest BCUT2D eigenvalue weighted by molar-refractivity contribution is -0.119. The fourth-order valence-electron chi connectivity index (χ4n) is 6.92. The number of ketones is 2. The first-order valence-electron chi connectivity index (χ1n) is 14.7. The fraction of sp³-hybridized carbons (Fsp3) is 0.405. The lowest BCUT2D eigenvalue weighted by atomic mass is 9.63. The third kappa shape index (κ3) is 5.55. The van der Waals surface area contributed by atoms with Crippen molar-refractivity contribution in [3.8, 4) is 23.8 Å². The van der Waals surface area contributed by atoms with Crippen LogP contribution in [0.4, 0.5) is 0 Å². The first-order valence-corrected chi connectivity index (χ1v) is 14.7. The van der Waals surface area contributed by atoms with Gasteiger partial charge in [-0.3, -0.25) is 9.59 Å². The summed E-state index contributed by atoms with van der Waals surface area (Å²) in [5, 5.41) is 0. The van der Waals surface area contributed by atoms with Gasteiger partial charge in [0.05, 0.1) is 7.11 Å². The zero-order valence-electron chi connectivity index (χ0n) is 25.5. The number of rotatable bonds is 8. The minimum atomic E-state index is -0.478. The number of ether oxygens (including phenoxy) is 2. The van der Waals surface area contributed by atoms with Gasteiger partial charge in [-0.2, -0.15) is 0 Å². The summed E-state index contributed by atoms with van der Waals surface area (Å²) in [5.41, 5.74) is 6.02. The van der Waals surface area contributed by atoms with Crippen LogP contribution in [0.1, 0.15) is 76.0 Å². The first-order chi connectivity index (χ1) is 20.0. The van der Waals surface area contributed by atoms with Gasteiger partial charge in [-0.1, -0.05) is 76.1 Å². The minimum Gasteiger partial charge on any atom is -0.493 e. The molecule has 0 amide bonds. The summed E-state index contributed by atoms with van der Waals surface area (Å²) < 4.78 is 11.7. The number of terminal acetylenes is 1. The lowest BCUT2D eigenvalue weighted by Crippen LogP contribution is -2.44. The van der Waals surface area contributed by atoms with Gasteiger partial charge < -0.3 is 14.4 Å². The van der Waals surface area contributed by atoms with Crippen LogP contribution in [-0.4, -0.2) is 30.2 Å². The molecule has 1 heterocycles. The van der Waals surface area contributed by atoms with Crippen LogP contribution in [-0.2, 0) is 22.6 Å². The SMILES string of the molecule is C#CCOc1c(CC=C)cc(C2C3=C(CC(C)(C)CC3=O)N(Cc3ccccc3)C3=C2C(=O)CC(C)(C)C3)cc1OC. The number of nitrogens with zero attached hydrogens (tertiary/aromatic N) is 1. The summed E-state index contributed by atoms with van der Waals surface area (Å²) in [4.78, 5) is 30.7. The minimum absolute atomic E-state index is 0.101. The highest BCUT2D eigenvalue weighted by Crippen LogP contribution is 2.55. The Bertz CT molecular complexity index is 1480. The van der Waals surface area contributed by atoms with Crippen molar-refractivity contribution < 1.29 is 19.1 Å². The van der Waals surface area contributed by atoms with Crippen molar-refractivity contribution in [2.24, 2.45) is 10.8 Å². The molecule has 0 radical (unpaired) electrons. The number of benzene rings is 2. The second-order valence-electron chi connectivity index (χ2n) is 13.3. The molecule has 0 aromatic heterocycles. The second-order valence-corrected chi connectivity index (χ2v) is 13.3. The number of Topliss-reactive ketones (excluding diaryl/α,β-unsaturated/α-hetero) is 2. The van der Waals surface area contributed by atoms with Gasteiger partial charge in [0.25, 0.3) is 0 Å². The molecule has 0 saturated carbocycles. The highest BCUT2D eigenvalue weighted by atomic mass is 16.5. The molecule has 0 saturated heterocycles. The molecule has 3 aliphatic rings. The highest BCUT2D eigenvalue weighted by molar-refractivity contribution is 6.06. The number of hydrogen-bond acceptors (Lipinski definition) is 5. The van der Waals surface area contributed by atoms with E-state index in [1.54, 1.807) is 7.11 Å². The Morgan fingerprint density at radius 2 is 1.57 bits per heavy atom. The molecule has 1 aliphatic heterocycles. The number of allylic oxidation sites excluding steroid dienone is 5. The largest absolute Gasteiger partial charge is 0.493 e. The maximum atomic E-state index is 14.2. The van der Waals surface area contributed by atoms with E-state index in [0.29, 0.717) is 37.3 Å². The first kappa shape index (κ1) is 29.5. The summed E-state index contributed by atoms with van der Waals surface area (Å²) in [6.45, 7) is 13.3. The number of carbonyl (C=O) groups excluding carboxylic acids is 2. The summed E-state index contributed by atoms with van der Waals surface area (Å²) in [6.07, 6.45) is 10.2. The molecule has 5 heteroatoms. The van der Waals surface area contributed by atoms with Crippen molar-refractivity contribution >= 4 is 11.6 Å². The average Bonchev–Trinajstić information content (AvgIpc) is 2.92. The Morgan fingerprint density at radius 1 is 0.976 bits per heavy atom. The van der Waals surface area contributed by atoms with Crippen LogP contribution in [0.15, 0.2) is 77.7 Å². The third-order valence-electron chi connectivity index (χ3n) is 8.58. The standard InChI is InChI=1S/C37H41NO4/c1-8-13-25-17-26(18-31(41-7)35(25)42-16-9-2)32-33-27(19-36(3,4)21-29(33)39)38(23-24-14-11-10-12-15-24)28-20-37(5,6)22-30(40)34(28)32/h2,8,10-12,14-15,17-18,32H,1,13,16,19-23H2,3-7H3. The Balaban J connectivity index is 1.79. The highest BCUT2D eigenvalue weighted by Gasteiger charge is 2.49. The van der Waals surface area contributed by atoms with E-state index in [0.717, 1.165) is 52.1 Å². The zero-order chi connectivity index (χ0) is 30.2. The van der Waals surface area contributed by atoms with E-state index in [4.69, 9.17) is 15.9 Å². The molecule has 2 aliphatic carbocycles. The van der Waals surface area contributed by atoms with Gasteiger partial charge in [0.15, 0.2) is 23.1 Å². The predicted octanol–water partition coefficient (Wildman–Crippen LogP) is 7.32. The maximum Gasteiger partial charge on any atom is 0.166 e. The quantitative estimate of drug-likeness (QED) is 0.249. The molecule has 2 aromatic rings. The summed E-state index contributed by atoms with van der Waals surface area (Å²) in [7, 11) is 1.60. The van der Waals surface area contributed by atoms with Gasteiger partial charge in [-0.15, -0.1) is 13.0 Å². The van der Waals surface area contributed by atoms with Crippen molar-refractivity contribution in [1.29, 1.82) is 0 Å². The monoisotopic (exact) mass is 563 g/mol. The van der Waals surface area contributed by atoms with Crippen molar-refractivity contribution in [1.82, 2.24) is 4.90 Å². The molecule has 2 aromatic carbocycles. The molecule has 0 unspecified atom stereocenters. The van der Waals surface area contributed by atoms with E-state index < -0.39 is 5.92 Å². The molecular formula is C37H41NO4. The van der Waals surface area contributed by atoms with Crippen LogP contribution in [0.3, 0.4) is 0 Å². The molecular weight excluding hydrogens is 522 g/mol. The number of hydrogen-bond donors (Lipinski definition) is 0. The Labute approximate surface area is 250 Å². The van der Waals surface area contributed by atoms with Crippen LogP contribution < -0.4 is 9.47 Å². The normalized spacial score (nSPS) is 19.7. The van der Waals surface area contributed by atoms with Gasteiger partial charge in [-0.05, 0) is 47.3 Å². The molecule has 0 N–H and O–H groups in total. The van der Waals surface area contributed by atoms with E-state index in [2.05, 4.69) is 57.2 Å². The van der Waals surface area contributed by atoms with Crippen LogP contribution >= 0.6 is 0 Å². The molecule has 218 valence electrons. The predicted molar refractivity (Wildman–Crippen MR) is 166 cm³/mol. The number of carbonyl (C=O) groups is 2. The Hall–Kier alpha value is -4.04. The van der Waals surface area contributed by atoms with Crippen molar-refractivity contribution in [2.45, 2.75) is 72.3 Å². The molecule has 42 heavy (non-hydrogen) atoms. The Kier molecular flexibility index (Phi) is 7.94. The van der Waals surface area contributed by atoms with E-state index in [9.17, 15) is 9.59 Å². The maximum absolute atomic E-state index is 14.2. The lowest BCUT2D eigenvalue weighted by Gasteiger charge is -2.49. The second kappa shape index (κ2) is 11.3. The van der Waals surface area contributed by atoms with E-state index >= 15 is 0 Å². The van der Waals surface area contributed by atoms with Crippen LogP contribution in [0.25, 0.3) is 0 Å². The van der Waals surface area contributed by atoms with Gasteiger partial charge in [-0.25, -0.2) is 0 Å². The number of methoxy groups -OCH3 is 1. The van der Waals surface area contributed by atoms with Crippen LogP contribution in [0, 0.1) is 23.2 Å². The summed E-state index contributed by atoms with van der Waals surface area (Å²) >= 11 is 0. The fourth-order valence-corrected chi connectivity index (χ4v) is 6.92. The summed E-state index contributed by atoms with van der Waals surface area (Å²) in [6, 6.07) is 14.3. The van der Waals surface area contributed by atoms with Crippen molar-refractivity contribution in [3.63, 3.8) is 0 Å². The zero-order valence-corrected chi connectivity index (χ0v) is 25.5. The molecule has 0 fully saturated rings. The molecule has 5 nitrogen and oxygen atoms in total. The third-order valence-corrected chi connectivity index (χ3v) is 8.58. The van der Waals surface area contributed by atoms with Gasteiger partial charge in [0.2, 0.25) is 0 Å². The van der Waals surface area contributed by atoms with Crippen LogP contribution in [0.2, 0.25) is 0 Å². The van der Waals surface area contributed by atoms with Crippen LogP contribution in [0.5, 0.6) is 11.5 Å². The average molecular weight is 564 g/mol. The van der Waals surface area contributed by atoms with E-state index in [1.807, 2.05) is 36.4 Å². The molecule has 5 rings (SSSR count). The smallest absolute Gasteiger partial charge is 0.166 e. The van der Waals surface area contributed by atoms with Crippen molar-refractivity contribution in [2.75, 3.05) is 13.7 Å². The summed E-state index contributed by atoms with van der Waals surface area (Å²) in [5.74, 6) is 3.35. The molecule has 0 atom stereocenters. The van der Waals surface area contributed by atoms with E-state index in [1.165, 1.54) is 0 Å². The van der Waals surface area contributed by atoms with Gasteiger partial charge in [0, 0.05) is 53.4 Å². The van der Waals surface area contributed by atoms with Gasteiger partial charge >= 0.3 is 0 Å². The van der Waals surface area contributed by atoms with Gasteiger partial charge in [0.1, 0.15) is 6.61 Å². The van der Waals surface area contributed by atoms with Crippen molar-refractivity contribution in [3.05, 3.63) is 94.4 Å². The van der Waals surface area contributed by atoms with E-state index in [-0.39, 0.29) is 29.0 Å². The Morgan fingerprint density at radius 3 is 2.10 bits per heavy atom.